The van der Waals surface area contributed by atoms with Gasteiger partial charge in [-0.2, -0.15) is 0 Å². The van der Waals surface area contributed by atoms with Gasteiger partial charge in [0.05, 0.1) is 0 Å². The van der Waals surface area contributed by atoms with Crippen LogP contribution >= 0.6 is 0 Å². The number of rotatable bonds is 7. The summed E-state index contributed by atoms with van der Waals surface area (Å²) >= 11 is 0. The first-order valence-corrected chi connectivity index (χ1v) is 9.39. The summed E-state index contributed by atoms with van der Waals surface area (Å²) in [4.78, 5) is 7.37. The van der Waals surface area contributed by atoms with Crippen molar-refractivity contribution in [2.24, 2.45) is 0 Å². The molecule has 3 heterocycles. The maximum Gasteiger partial charge on any atom is 0.129 e. The molecule has 4 nitrogen and oxygen atoms in total. The molecule has 0 aromatic carbocycles. The molecule has 2 atom stereocenters. The van der Waals surface area contributed by atoms with Gasteiger partial charge in [0, 0.05) is 30.9 Å². The van der Waals surface area contributed by atoms with E-state index >= 15 is 0 Å². The number of likely N-dealkylation sites (N-methyl/N-ethyl adjacent to an activating group) is 1. The van der Waals surface area contributed by atoms with Gasteiger partial charge in [0.15, 0.2) is 0 Å². The van der Waals surface area contributed by atoms with E-state index in [4.69, 9.17) is 4.98 Å². The number of aryl methyl sites for hydroxylation is 2. The summed E-state index contributed by atoms with van der Waals surface area (Å²) in [5, 5.41) is 6.90. The number of aromatic nitrogens is 1. The minimum Gasteiger partial charge on any atom is -0.370 e. The van der Waals surface area contributed by atoms with Gasteiger partial charge in [-0.25, -0.2) is 4.98 Å². The number of unbranched alkanes of at least 4 members (excludes halogenated alkanes) is 1. The third-order valence-electron chi connectivity index (χ3n) is 5.56. The van der Waals surface area contributed by atoms with Gasteiger partial charge in [-0.15, -0.1) is 0 Å². The standard InChI is InChI=1S/C19H32N4/c1-15(23(2)18-11-13-20-14-18)6-3-4-8-17-10-9-16-7-5-12-21-19(16)22-17/h9-10,15,18,20H,3-8,11-14H2,1-2H3,(H,21,22)/t15?,18-/m1/s1. The largest absolute Gasteiger partial charge is 0.370 e. The summed E-state index contributed by atoms with van der Waals surface area (Å²) < 4.78 is 0. The first kappa shape index (κ1) is 16.7. The second kappa shape index (κ2) is 8.11. The number of fused-ring (bicyclic) bond motifs is 1. The molecule has 128 valence electrons. The van der Waals surface area contributed by atoms with E-state index in [0.29, 0.717) is 6.04 Å². The smallest absolute Gasteiger partial charge is 0.129 e. The van der Waals surface area contributed by atoms with Crippen LogP contribution in [0.4, 0.5) is 5.82 Å². The lowest BCUT2D eigenvalue weighted by Crippen LogP contribution is -2.39. The van der Waals surface area contributed by atoms with Gasteiger partial charge in [0.2, 0.25) is 0 Å². The maximum atomic E-state index is 4.80. The van der Waals surface area contributed by atoms with E-state index in [-0.39, 0.29) is 0 Å². The topological polar surface area (TPSA) is 40.2 Å². The van der Waals surface area contributed by atoms with Crippen molar-refractivity contribution >= 4 is 5.82 Å². The van der Waals surface area contributed by atoms with E-state index in [9.17, 15) is 0 Å². The molecule has 0 radical (unpaired) electrons. The average Bonchev–Trinajstić information content (AvgIpc) is 3.12. The third-order valence-corrected chi connectivity index (χ3v) is 5.56. The van der Waals surface area contributed by atoms with E-state index < -0.39 is 0 Å². The predicted octanol–water partition coefficient (Wildman–Crippen LogP) is 2.83. The summed E-state index contributed by atoms with van der Waals surface area (Å²) in [6.07, 6.45) is 8.63. The Morgan fingerprint density at radius 2 is 2.22 bits per heavy atom. The fourth-order valence-corrected chi connectivity index (χ4v) is 3.80. The molecular formula is C19H32N4. The van der Waals surface area contributed by atoms with Crippen molar-refractivity contribution in [3.63, 3.8) is 0 Å². The Labute approximate surface area is 141 Å². The first-order chi connectivity index (χ1) is 11.2. The van der Waals surface area contributed by atoms with Gasteiger partial charge in [-0.3, -0.25) is 4.90 Å². The predicted molar refractivity (Wildman–Crippen MR) is 97.1 cm³/mol. The van der Waals surface area contributed by atoms with Crippen LogP contribution in [-0.4, -0.2) is 48.6 Å². The SMILES string of the molecule is CC(CCCCc1ccc2c(n1)NCCC2)N(C)[C@@H]1CCNC1. The van der Waals surface area contributed by atoms with Crippen LogP contribution in [0, 0.1) is 0 Å². The van der Waals surface area contributed by atoms with Crippen LogP contribution in [0.2, 0.25) is 0 Å². The Balaban J connectivity index is 1.39. The van der Waals surface area contributed by atoms with E-state index in [2.05, 4.69) is 41.6 Å². The fraction of sp³-hybridized carbons (Fsp3) is 0.737. The van der Waals surface area contributed by atoms with Crippen molar-refractivity contribution in [3.8, 4) is 0 Å². The number of hydrogen-bond acceptors (Lipinski definition) is 4. The van der Waals surface area contributed by atoms with Crippen molar-refractivity contribution in [3.05, 3.63) is 23.4 Å². The Morgan fingerprint density at radius 3 is 3.04 bits per heavy atom. The molecule has 1 unspecified atom stereocenters. The van der Waals surface area contributed by atoms with Crippen molar-refractivity contribution in [2.75, 3.05) is 32.0 Å². The summed E-state index contributed by atoms with van der Waals surface area (Å²) in [6, 6.07) is 5.91. The molecule has 3 rings (SSSR count). The van der Waals surface area contributed by atoms with Gasteiger partial charge in [0.25, 0.3) is 0 Å². The van der Waals surface area contributed by atoms with Crippen molar-refractivity contribution in [1.29, 1.82) is 0 Å². The first-order valence-electron chi connectivity index (χ1n) is 9.39. The summed E-state index contributed by atoms with van der Waals surface area (Å²) in [6.45, 7) is 5.79. The van der Waals surface area contributed by atoms with Crippen LogP contribution in [0.5, 0.6) is 0 Å². The molecule has 0 amide bonds. The lowest BCUT2D eigenvalue weighted by Gasteiger charge is -2.30. The Kier molecular flexibility index (Phi) is 5.90. The average molecular weight is 316 g/mol. The molecule has 1 fully saturated rings. The van der Waals surface area contributed by atoms with Crippen LogP contribution in [-0.2, 0) is 12.8 Å². The molecule has 1 aromatic rings. The van der Waals surface area contributed by atoms with Crippen LogP contribution < -0.4 is 10.6 Å². The minimum atomic E-state index is 0.679. The number of nitrogens with one attached hydrogen (secondary N) is 2. The fourth-order valence-electron chi connectivity index (χ4n) is 3.80. The zero-order valence-corrected chi connectivity index (χ0v) is 14.8. The highest BCUT2D eigenvalue weighted by Gasteiger charge is 2.22. The molecule has 2 aliphatic rings. The Bertz CT molecular complexity index is 496. The second-order valence-corrected chi connectivity index (χ2v) is 7.25. The molecule has 0 saturated carbocycles. The number of nitrogens with zero attached hydrogens (tertiary/aromatic N) is 2. The molecule has 0 bridgehead atoms. The highest BCUT2D eigenvalue weighted by molar-refractivity contribution is 5.46. The Hall–Kier alpha value is -1.13. The maximum absolute atomic E-state index is 4.80. The summed E-state index contributed by atoms with van der Waals surface area (Å²) in [5.74, 6) is 1.13. The highest BCUT2D eigenvalue weighted by Crippen LogP contribution is 2.21. The summed E-state index contributed by atoms with van der Waals surface area (Å²) in [5.41, 5.74) is 2.64. The van der Waals surface area contributed by atoms with Gasteiger partial charge in [-0.05, 0) is 70.7 Å². The Morgan fingerprint density at radius 1 is 1.30 bits per heavy atom. The minimum absolute atomic E-state index is 0.679. The zero-order chi connectivity index (χ0) is 16.1. The van der Waals surface area contributed by atoms with Crippen LogP contribution in [0.25, 0.3) is 0 Å². The normalized spacial score (nSPS) is 22.0. The van der Waals surface area contributed by atoms with Gasteiger partial charge in [0.1, 0.15) is 5.82 Å². The van der Waals surface area contributed by atoms with Crippen LogP contribution in [0.3, 0.4) is 0 Å². The molecule has 1 saturated heterocycles. The molecule has 2 aliphatic heterocycles. The second-order valence-electron chi connectivity index (χ2n) is 7.25. The van der Waals surface area contributed by atoms with E-state index in [1.807, 2.05) is 0 Å². The van der Waals surface area contributed by atoms with Crippen LogP contribution in [0.15, 0.2) is 12.1 Å². The molecule has 23 heavy (non-hydrogen) atoms. The number of anilines is 1. The molecule has 2 N–H and O–H groups in total. The lowest BCUT2D eigenvalue weighted by molar-refractivity contribution is 0.184. The van der Waals surface area contributed by atoms with Gasteiger partial charge in [-0.1, -0.05) is 12.5 Å². The van der Waals surface area contributed by atoms with Crippen molar-refractivity contribution in [1.82, 2.24) is 15.2 Å². The highest BCUT2D eigenvalue weighted by atomic mass is 15.2. The molecule has 0 spiro atoms. The van der Waals surface area contributed by atoms with Gasteiger partial charge >= 0.3 is 0 Å². The number of hydrogen-bond donors (Lipinski definition) is 2. The molecule has 4 heteroatoms. The third kappa shape index (κ3) is 4.45. The molecular weight excluding hydrogens is 284 g/mol. The monoisotopic (exact) mass is 316 g/mol. The molecule has 1 aromatic heterocycles. The zero-order valence-electron chi connectivity index (χ0n) is 14.8. The van der Waals surface area contributed by atoms with Crippen LogP contribution in [0.1, 0.15) is 50.3 Å². The summed E-state index contributed by atoms with van der Waals surface area (Å²) in [7, 11) is 2.29. The van der Waals surface area contributed by atoms with Crippen molar-refractivity contribution in [2.45, 2.75) is 64.0 Å². The van der Waals surface area contributed by atoms with E-state index in [1.165, 1.54) is 56.3 Å². The van der Waals surface area contributed by atoms with E-state index in [1.54, 1.807) is 0 Å². The quantitative estimate of drug-likeness (QED) is 0.759. The lowest BCUT2D eigenvalue weighted by atomic mass is 10.0. The van der Waals surface area contributed by atoms with E-state index in [0.717, 1.165) is 31.4 Å². The number of pyridine rings is 1. The van der Waals surface area contributed by atoms with Crippen molar-refractivity contribution < 1.29 is 0 Å². The van der Waals surface area contributed by atoms with Gasteiger partial charge < -0.3 is 10.6 Å². The molecule has 0 aliphatic carbocycles.